The van der Waals surface area contributed by atoms with Crippen molar-refractivity contribution in [3.8, 4) is 0 Å². The zero-order valence-corrected chi connectivity index (χ0v) is 15.4. The van der Waals surface area contributed by atoms with E-state index in [-0.39, 0.29) is 30.7 Å². The standard InChI is InChI=1S/C17H20N4O.2ClH/c1-20(2)16-11-12(8-9-19-16)17(22)21-10-4-5-13-14(18)6-3-7-15(13)21;;/h3,6-9,11H,4-5,10,18H2,1-2H3;2*1H. The third-order valence-electron chi connectivity index (χ3n) is 3.98. The maximum absolute atomic E-state index is 12.9. The number of hydrogen-bond acceptors (Lipinski definition) is 4. The quantitative estimate of drug-likeness (QED) is 0.826. The van der Waals surface area contributed by atoms with Crippen LogP contribution in [0.5, 0.6) is 0 Å². The van der Waals surface area contributed by atoms with Crippen LogP contribution in [0.15, 0.2) is 36.5 Å². The molecule has 1 aliphatic rings. The van der Waals surface area contributed by atoms with Crippen molar-refractivity contribution in [3.05, 3.63) is 47.7 Å². The number of rotatable bonds is 2. The number of fused-ring (bicyclic) bond motifs is 1. The maximum atomic E-state index is 12.9. The van der Waals surface area contributed by atoms with Crippen LogP contribution < -0.4 is 15.5 Å². The molecule has 130 valence electrons. The molecule has 2 aromatic rings. The number of carbonyl (C=O) groups excluding carboxylic acids is 1. The van der Waals surface area contributed by atoms with Crippen LogP contribution in [0.2, 0.25) is 0 Å². The normalized spacial score (nSPS) is 12.5. The van der Waals surface area contributed by atoms with Gasteiger partial charge in [0.2, 0.25) is 0 Å². The van der Waals surface area contributed by atoms with Crippen molar-refractivity contribution in [2.45, 2.75) is 12.8 Å². The number of nitrogens with zero attached hydrogens (tertiary/aromatic N) is 3. The van der Waals surface area contributed by atoms with Crippen LogP contribution in [-0.2, 0) is 6.42 Å². The van der Waals surface area contributed by atoms with E-state index in [2.05, 4.69) is 4.98 Å². The van der Waals surface area contributed by atoms with Gasteiger partial charge in [-0.25, -0.2) is 4.98 Å². The molecule has 7 heteroatoms. The second-order valence-electron chi connectivity index (χ2n) is 5.70. The van der Waals surface area contributed by atoms with Gasteiger partial charge in [-0.2, -0.15) is 0 Å². The van der Waals surface area contributed by atoms with Gasteiger partial charge in [0.15, 0.2) is 0 Å². The van der Waals surface area contributed by atoms with E-state index in [1.54, 1.807) is 12.3 Å². The lowest BCUT2D eigenvalue weighted by Gasteiger charge is -2.30. The smallest absolute Gasteiger partial charge is 0.258 e. The first-order valence-corrected chi connectivity index (χ1v) is 7.40. The molecule has 1 aromatic heterocycles. The Morgan fingerprint density at radius 3 is 2.71 bits per heavy atom. The molecule has 2 N–H and O–H groups in total. The predicted octanol–water partition coefficient (Wildman–Crippen LogP) is 3.17. The van der Waals surface area contributed by atoms with Crippen LogP contribution in [0, 0.1) is 0 Å². The number of halogens is 2. The van der Waals surface area contributed by atoms with E-state index in [4.69, 9.17) is 5.73 Å². The fraction of sp³-hybridized carbons (Fsp3) is 0.294. The first-order chi connectivity index (χ1) is 10.6. The highest BCUT2D eigenvalue weighted by molar-refractivity contribution is 6.07. The van der Waals surface area contributed by atoms with Gasteiger partial charge < -0.3 is 15.5 Å². The van der Waals surface area contributed by atoms with Crippen molar-refractivity contribution in [2.24, 2.45) is 0 Å². The molecule has 0 unspecified atom stereocenters. The fourth-order valence-electron chi connectivity index (χ4n) is 2.81. The lowest BCUT2D eigenvalue weighted by molar-refractivity contribution is 0.0985. The summed E-state index contributed by atoms with van der Waals surface area (Å²) in [4.78, 5) is 20.9. The molecule has 1 amide bonds. The van der Waals surface area contributed by atoms with Crippen LogP contribution in [0.3, 0.4) is 0 Å². The van der Waals surface area contributed by atoms with Gasteiger partial charge in [-0.3, -0.25) is 4.79 Å². The third kappa shape index (κ3) is 3.74. The van der Waals surface area contributed by atoms with E-state index in [1.165, 1.54) is 0 Å². The number of carbonyl (C=O) groups is 1. The number of aromatic nitrogens is 1. The molecular formula is C17H22Cl2N4O. The Morgan fingerprint density at radius 2 is 2.00 bits per heavy atom. The Hall–Kier alpha value is -1.98. The Balaban J connectivity index is 0.00000144. The molecule has 1 aromatic carbocycles. The highest BCUT2D eigenvalue weighted by Crippen LogP contribution is 2.32. The second-order valence-corrected chi connectivity index (χ2v) is 5.70. The lowest BCUT2D eigenvalue weighted by Crippen LogP contribution is -2.35. The highest BCUT2D eigenvalue weighted by atomic mass is 35.5. The first-order valence-electron chi connectivity index (χ1n) is 7.40. The number of nitrogens with two attached hydrogens (primary N) is 1. The van der Waals surface area contributed by atoms with Gasteiger partial charge in [0.25, 0.3) is 5.91 Å². The van der Waals surface area contributed by atoms with Crippen molar-refractivity contribution in [2.75, 3.05) is 36.2 Å². The summed E-state index contributed by atoms with van der Waals surface area (Å²) in [6, 6.07) is 9.34. The maximum Gasteiger partial charge on any atom is 0.258 e. The van der Waals surface area contributed by atoms with Crippen molar-refractivity contribution < 1.29 is 4.79 Å². The zero-order chi connectivity index (χ0) is 15.7. The molecule has 0 atom stereocenters. The Bertz CT molecular complexity index is 721. The molecule has 1 aliphatic heterocycles. The monoisotopic (exact) mass is 368 g/mol. The number of pyridine rings is 1. The Labute approximate surface area is 154 Å². The fourth-order valence-corrected chi connectivity index (χ4v) is 2.81. The van der Waals surface area contributed by atoms with Crippen LogP contribution in [0.1, 0.15) is 22.3 Å². The average molecular weight is 369 g/mol. The summed E-state index contributed by atoms with van der Waals surface area (Å²) < 4.78 is 0. The van der Waals surface area contributed by atoms with Crippen molar-refractivity contribution >= 4 is 47.9 Å². The van der Waals surface area contributed by atoms with Gasteiger partial charge in [-0.15, -0.1) is 24.8 Å². The van der Waals surface area contributed by atoms with Crippen molar-refractivity contribution in [3.63, 3.8) is 0 Å². The van der Waals surface area contributed by atoms with Gasteiger partial charge in [0.1, 0.15) is 5.82 Å². The Kier molecular flexibility index (Phi) is 6.87. The zero-order valence-electron chi connectivity index (χ0n) is 13.7. The summed E-state index contributed by atoms with van der Waals surface area (Å²) in [5.74, 6) is 0.771. The molecule has 0 fully saturated rings. The van der Waals surface area contributed by atoms with E-state index in [0.717, 1.165) is 42.1 Å². The number of anilines is 3. The largest absolute Gasteiger partial charge is 0.398 e. The molecule has 0 aliphatic carbocycles. The third-order valence-corrected chi connectivity index (χ3v) is 3.98. The molecule has 0 saturated heterocycles. The molecule has 2 heterocycles. The molecule has 24 heavy (non-hydrogen) atoms. The van der Waals surface area contributed by atoms with Gasteiger partial charge >= 0.3 is 0 Å². The van der Waals surface area contributed by atoms with Crippen LogP contribution in [0.4, 0.5) is 17.2 Å². The number of nitrogen functional groups attached to an aromatic ring is 1. The summed E-state index contributed by atoms with van der Waals surface area (Å²) in [6.45, 7) is 0.717. The van der Waals surface area contributed by atoms with Crippen LogP contribution in [-0.4, -0.2) is 31.5 Å². The van der Waals surface area contributed by atoms with E-state index in [9.17, 15) is 4.79 Å². The topological polar surface area (TPSA) is 62.5 Å². The van der Waals surface area contributed by atoms with E-state index in [1.807, 2.05) is 48.2 Å². The van der Waals surface area contributed by atoms with Crippen LogP contribution >= 0.6 is 24.8 Å². The first kappa shape index (κ1) is 20.1. The van der Waals surface area contributed by atoms with Gasteiger partial charge in [0, 0.05) is 43.8 Å². The number of hydrogen-bond donors (Lipinski definition) is 1. The minimum Gasteiger partial charge on any atom is -0.398 e. The lowest BCUT2D eigenvalue weighted by atomic mass is 9.99. The van der Waals surface area contributed by atoms with Gasteiger partial charge in [-0.05, 0) is 42.7 Å². The molecule has 0 saturated carbocycles. The summed E-state index contributed by atoms with van der Waals surface area (Å²) in [6.07, 6.45) is 3.52. The second kappa shape index (κ2) is 8.22. The highest BCUT2D eigenvalue weighted by Gasteiger charge is 2.25. The predicted molar refractivity (Wildman–Crippen MR) is 104 cm³/mol. The van der Waals surface area contributed by atoms with E-state index >= 15 is 0 Å². The van der Waals surface area contributed by atoms with Gasteiger partial charge in [-0.1, -0.05) is 6.07 Å². The molecule has 3 rings (SSSR count). The van der Waals surface area contributed by atoms with E-state index < -0.39 is 0 Å². The summed E-state index contributed by atoms with van der Waals surface area (Å²) in [5, 5.41) is 0. The minimum absolute atomic E-state index is 0. The van der Waals surface area contributed by atoms with Gasteiger partial charge in [0.05, 0.1) is 0 Å². The summed E-state index contributed by atoms with van der Waals surface area (Å²) in [5.41, 5.74) is 9.46. The minimum atomic E-state index is -0.00273. The molecule has 5 nitrogen and oxygen atoms in total. The number of benzene rings is 1. The Morgan fingerprint density at radius 1 is 1.25 bits per heavy atom. The molecule has 0 spiro atoms. The van der Waals surface area contributed by atoms with Crippen molar-refractivity contribution in [1.29, 1.82) is 0 Å². The van der Waals surface area contributed by atoms with Crippen molar-refractivity contribution in [1.82, 2.24) is 4.98 Å². The molecule has 0 radical (unpaired) electrons. The van der Waals surface area contributed by atoms with E-state index in [0.29, 0.717) is 5.56 Å². The summed E-state index contributed by atoms with van der Waals surface area (Å²) >= 11 is 0. The number of amides is 1. The SMILES string of the molecule is CN(C)c1cc(C(=O)N2CCCc3c(N)cccc32)ccn1.Cl.Cl. The average Bonchev–Trinajstić information content (AvgIpc) is 2.54. The van der Waals surface area contributed by atoms with Crippen LogP contribution in [0.25, 0.3) is 0 Å². The molecular weight excluding hydrogens is 347 g/mol. The molecule has 0 bridgehead atoms. The summed E-state index contributed by atoms with van der Waals surface area (Å²) in [7, 11) is 3.82.